The van der Waals surface area contributed by atoms with Crippen LogP contribution >= 0.6 is 0 Å². The summed E-state index contributed by atoms with van der Waals surface area (Å²) in [4.78, 5) is 14.6. The quantitative estimate of drug-likeness (QED) is 0.821. The molecule has 2 aromatic rings. The van der Waals surface area contributed by atoms with Gasteiger partial charge in [-0.1, -0.05) is 11.3 Å². The van der Waals surface area contributed by atoms with E-state index in [1.54, 1.807) is 30.3 Å². The first-order chi connectivity index (χ1) is 8.69. The number of methoxy groups -OCH3 is 1. The van der Waals surface area contributed by atoms with Crippen molar-refractivity contribution in [3.05, 3.63) is 35.8 Å². The van der Waals surface area contributed by atoms with Crippen LogP contribution in [0.4, 0.5) is 0 Å². The molecule has 0 saturated heterocycles. The van der Waals surface area contributed by atoms with Gasteiger partial charge in [0, 0.05) is 18.0 Å². The first-order valence-electron chi connectivity index (χ1n) is 5.27. The van der Waals surface area contributed by atoms with E-state index in [1.807, 2.05) is 6.07 Å². The zero-order valence-corrected chi connectivity index (χ0v) is 9.78. The van der Waals surface area contributed by atoms with Crippen molar-refractivity contribution in [1.29, 1.82) is 0 Å². The van der Waals surface area contributed by atoms with Gasteiger partial charge in [-0.15, -0.1) is 5.10 Å². The molecule has 94 valence electrons. The van der Waals surface area contributed by atoms with E-state index in [9.17, 15) is 4.79 Å². The molecular weight excluding hydrogens is 236 g/mol. The molecule has 2 heterocycles. The Bertz CT molecular complexity index is 553. The Morgan fingerprint density at radius 2 is 2.39 bits per heavy atom. The van der Waals surface area contributed by atoms with Crippen LogP contribution in [-0.4, -0.2) is 38.2 Å². The number of carboxylic acids is 1. The predicted molar refractivity (Wildman–Crippen MR) is 61.3 cm³/mol. The van der Waals surface area contributed by atoms with E-state index >= 15 is 0 Å². The number of aromatic nitrogens is 4. The van der Waals surface area contributed by atoms with Crippen LogP contribution < -0.4 is 4.74 Å². The third-order valence-corrected chi connectivity index (χ3v) is 2.29. The lowest BCUT2D eigenvalue weighted by molar-refractivity contribution is -0.136. The van der Waals surface area contributed by atoms with Crippen molar-refractivity contribution in [1.82, 2.24) is 20.0 Å². The molecule has 0 amide bonds. The van der Waals surface area contributed by atoms with Crippen LogP contribution in [0.2, 0.25) is 0 Å². The van der Waals surface area contributed by atoms with E-state index in [0.29, 0.717) is 18.1 Å². The maximum Gasteiger partial charge on any atom is 0.309 e. The maximum absolute atomic E-state index is 10.5. The van der Waals surface area contributed by atoms with Gasteiger partial charge >= 0.3 is 5.97 Å². The lowest BCUT2D eigenvalue weighted by Crippen LogP contribution is -2.03. The molecule has 0 unspecified atom stereocenters. The Kier molecular flexibility index (Phi) is 3.52. The number of hydrogen-bond acceptors (Lipinski definition) is 5. The Labute approximate surface area is 103 Å². The molecule has 2 aromatic heterocycles. The standard InChI is InChI=1S/C11H12N4O3/c1-18-11-8(3-2-4-12-11)6-15-7-9(13-14-15)5-10(16)17/h2-4,7H,5-6H2,1H3,(H,16,17). The van der Waals surface area contributed by atoms with Gasteiger partial charge in [-0.05, 0) is 6.07 Å². The van der Waals surface area contributed by atoms with Crippen LogP contribution in [0.25, 0.3) is 0 Å². The average molecular weight is 248 g/mol. The number of carboxylic acid groups (broad SMARTS) is 1. The third-order valence-electron chi connectivity index (χ3n) is 2.29. The molecule has 7 heteroatoms. The summed E-state index contributed by atoms with van der Waals surface area (Å²) in [6, 6.07) is 3.66. The molecule has 7 nitrogen and oxygen atoms in total. The summed E-state index contributed by atoms with van der Waals surface area (Å²) in [5, 5.41) is 16.3. The molecule has 0 aliphatic carbocycles. The minimum Gasteiger partial charge on any atom is -0.481 e. The van der Waals surface area contributed by atoms with Gasteiger partial charge < -0.3 is 9.84 Å². The second-order valence-corrected chi connectivity index (χ2v) is 3.65. The van der Waals surface area contributed by atoms with E-state index in [2.05, 4.69) is 15.3 Å². The Balaban J connectivity index is 2.13. The van der Waals surface area contributed by atoms with Gasteiger partial charge in [-0.3, -0.25) is 4.79 Å². The number of carbonyl (C=O) groups is 1. The fraction of sp³-hybridized carbons (Fsp3) is 0.273. The van der Waals surface area contributed by atoms with E-state index < -0.39 is 5.97 Å². The fourth-order valence-corrected chi connectivity index (χ4v) is 1.55. The van der Waals surface area contributed by atoms with Crippen molar-refractivity contribution < 1.29 is 14.6 Å². The Hall–Kier alpha value is -2.44. The van der Waals surface area contributed by atoms with Crippen LogP contribution in [-0.2, 0) is 17.8 Å². The van der Waals surface area contributed by atoms with Crippen LogP contribution in [0, 0.1) is 0 Å². The van der Waals surface area contributed by atoms with E-state index in [0.717, 1.165) is 5.56 Å². The number of ether oxygens (including phenoxy) is 1. The molecule has 18 heavy (non-hydrogen) atoms. The Morgan fingerprint density at radius 3 is 3.11 bits per heavy atom. The second-order valence-electron chi connectivity index (χ2n) is 3.65. The zero-order chi connectivity index (χ0) is 13.0. The van der Waals surface area contributed by atoms with Crippen LogP contribution in [0.5, 0.6) is 5.88 Å². The zero-order valence-electron chi connectivity index (χ0n) is 9.78. The molecule has 0 saturated carbocycles. The number of hydrogen-bond donors (Lipinski definition) is 1. The topological polar surface area (TPSA) is 90.1 Å². The summed E-state index contributed by atoms with van der Waals surface area (Å²) >= 11 is 0. The molecule has 0 aromatic carbocycles. The predicted octanol–water partition coefficient (Wildman–Crippen LogP) is 0.357. The summed E-state index contributed by atoms with van der Waals surface area (Å²) in [7, 11) is 1.54. The van der Waals surface area contributed by atoms with Gasteiger partial charge in [-0.2, -0.15) is 0 Å². The van der Waals surface area contributed by atoms with Gasteiger partial charge in [0.2, 0.25) is 5.88 Å². The fourth-order valence-electron chi connectivity index (χ4n) is 1.55. The van der Waals surface area contributed by atoms with Gasteiger partial charge in [0.05, 0.1) is 25.8 Å². The van der Waals surface area contributed by atoms with Gasteiger partial charge in [-0.25, -0.2) is 9.67 Å². The molecule has 0 aliphatic heterocycles. The second kappa shape index (κ2) is 5.26. The molecule has 0 spiro atoms. The normalized spacial score (nSPS) is 10.3. The molecule has 0 atom stereocenters. The molecule has 0 fully saturated rings. The van der Waals surface area contributed by atoms with Gasteiger partial charge in [0.25, 0.3) is 0 Å². The minimum absolute atomic E-state index is 0.135. The highest BCUT2D eigenvalue weighted by Crippen LogP contribution is 2.14. The molecule has 0 aliphatic rings. The molecule has 1 N–H and O–H groups in total. The third kappa shape index (κ3) is 2.82. The summed E-state index contributed by atoms with van der Waals surface area (Å²) in [6.45, 7) is 0.434. The Morgan fingerprint density at radius 1 is 1.56 bits per heavy atom. The lowest BCUT2D eigenvalue weighted by Gasteiger charge is -2.05. The minimum atomic E-state index is -0.930. The van der Waals surface area contributed by atoms with E-state index in [-0.39, 0.29) is 6.42 Å². The molecule has 2 rings (SSSR count). The largest absolute Gasteiger partial charge is 0.481 e. The van der Waals surface area contributed by atoms with Crippen molar-refractivity contribution in [2.75, 3.05) is 7.11 Å². The number of rotatable bonds is 5. The first kappa shape index (κ1) is 12.0. The van der Waals surface area contributed by atoms with E-state index in [4.69, 9.17) is 9.84 Å². The molecule has 0 bridgehead atoms. The van der Waals surface area contributed by atoms with Crippen molar-refractivity contribution in [3.63, 3.8) is 0 Å². The van der Waals surface area contributed by atoms with Crippen molar-refractivity contribution >= 4 is 5.97 Å². The number of nitrogens with zero attached hydrogens (tertiary/aromatic N) is 4. The highest BCUT2D eigenvalue weighted by Gasteiger charge is 2.08. The van der Waals surface area contributed by atoms with Crippen LogP contribution in [0.3, 0.4) is 0 Å². The first-order valence-corrected chi connectivity index (χ1v) is 5.27. The van der Waals surface area contributed by atoms with Crippen LogP contribution in [0.1, 0.15) is 11.3 Å². The highest BCUT2D eigenvalue weighted by molar-refractivity contribution is 5.69. The van der Waals surface area contributed by atoms with Crippen molar-refractivity contribution in [2.45, 2.75) is 13.0 Å². The number of aliphatic carboxylic acids is 1. The SMILES string of the molecule is COc1ncccc1Cn1cc(CC(=O)O)nn1. The van der Waals surface area contributed by atoms with Gasteiger partial charge in [0.15, 0.2) is 0 Å². The average Bonchev–Trinajstić information content (AvgIpc) is 2.76. The van der Waals surface area contributed by atoms with E-state index in [1.165, 1.54) is 0 Å². The highest BCUT2D eigenvalue weighted by atomic mass is 16.5. The van der Waals surface area contributed by atoms with Crippen molar-refractivity contribution in [2.24, 2.45) is 0 Å². The summed E-state index contributed by atoms with van der Waals surface area (Å²) in [5.74, 6) is -0.409. The monoisotopic (exact) mass is 248 g/mol. The summed E-state index contributed by atoms with van der Waals surface area (Å²) in [6.07, 6.45) is 3.10. The lowest BCUT2D eigenvalue weighted by atomic mass is 10.2. The summed E-state index contributed by atoms with van der Waals surface area (Å²) in [5.41, 5.74) is 1.28. The van der Waals surface area contributed by atoms with Crippen LogP contribution in [0.15, 0.2) is 24.5 Å². The smallest absolute Gasteiger partial charge is 0.309 e. The molecule has 0 radical (unpaired) electrons. The summed E-state index contributed by atoms with van der Waals surface area (Å²) < 4.78 is 6.68. The van der Waals surface area contributed by atoms with Gasteiger partial charge in [0.1, 0.15) is 0 Å². The molecular formula is C11H12N4O3. The number of pyridine rings is 1. The maximum atomic E-state index is 10.5. The van der Waals surface area contributed by atoms with Crippen molar-refractivity contribution in [3.8, 4) is 5.88 Å².